The van der Waals surface area contributed by atoms with E-state index in [0.717, 1.165) is 12.0 Å². The summed E-state index contributed by atoms with van der Waals surface area (Å²) in [6, 6.07) is 12.6. The number of hydrogen-bond donors (Lipinski definition) is 0. The van der Waals surface area contributed by atoms with Gasteiger partial charge in [0.25, 0.3) is 0 Å². The van der Waals surface area contributed by atoms with Crippen LogP contribution in [0.15, 0.2) is 42.5 Å². The quantitative estimate of drug-likeness (QED) is 0.706. The fraction of sp³-hybridized carbons (Fsp3) is 0.143. The lowest BCUT2D eigenvalue weighted by Crippen LogP contribution is -1.87. The molecule has 0 unspecified atom stereocenters. The molecule has 0 radical (unpaired) electrons. The van der Waals surface area contributed by atoms with Crippen LogP contribution in [-0.4, -0.2) is 0 Å². The fourth-order valence-corrected chi connectivity index (χ4v) is 1.99. The van der Waals surface area contributed by atoms with Crippen molar-refractivity contribution in [2.24, 2.45) is 0 Å². The van der Waals surface area contributed by atoms with Crippen molar-refractivity contribution in [1.82, 2.24) is 0 Å². The van der Waals surface area contributed by atoms with E-state index in [1.807, 2.05) is 24.3 Å². The third-order valence-electron chi connectivity index (χ3n) is 2.59. The predicted molar refractivity (Wildman–Crippen MR) is 66.2 cm³/mol. The summed E-state index contributed by atoms with van der Waals surface area (Å²) >= 11 is 6.02. The van der Waals surface area contributed by atoms with Gasteiger partial charge in [0.05, 0.1) is 5.02 Å². The van der Waals surface area contributed by atoms with Crippen molar-refractivity contribution >= 4 is 11.6 Å². The van der Waals surface area contributed by atoms with Crippen LogP contribution < -0.4 is 0 Å². The molecule has 2 aromatic rings. The van der Waals surface area contributed by atoms with Crippen molar-refractivity contribution in [1.29, 1.82) is 0 Å². The van der Waals surface area contributed by atoms with Gasteiger partial charge in [-0.1, -0.05) is 48.9 Å². The first-order valence-electron chi connectivity index (χ1n) is 5.25. The van der Waals surface area contributed by atoms with E-state index in [9.17, 15) is 4.39 Å². The minimum Gasteiger partial charge on any atom is -0.206 e. The maximum Gasteiger partial charge on any atom is 0.132 e. The molecule has 0 aliphatic rings. The first-order chi connectivity index (χ1) is 7.72. The Hall–Kier alpha value is -1.34. The Bertz CT molecular complexity index is 486. The molecule has 0 saturated heterocycles. The molecule has 0 spiro atoms. The molecule has 16 heavy (non-hydrogen) atoms. The molecular formula is C14H12ClF. The topological polar surface area (TPSA) is 0 Å². The monoisotopic (exact) mass is 234 g/mol. The van der Waals surface area contributed by atoms with Crippen molar-refractivity contribution < 1.29 is 4.39 Å². The highest BCUT2D eigenvalue weighted by molar-refractivity contribution is 6.33. The Morgan fingerprint density at radius 2 is 1.88 bits per heavy atom. The third-order valence-corrected chi connectivity index (χ3v) is 2.90. The van der Waals surface area contributed by atoms with Gasteiger partial charge in [-0.25, -0.2) is 4.39 Å². The van der Waals surface area contributed by atoms with Gasteiger partial charge in [-0.05, 0) is 29.7 Å². The Morgan fingerprint density at radius 1 is 1.12 bits per heavy atom. The summed E-state index contributed by atoms with van der Waals surface area (Å²) in [7, 11) is 0. The van der Waals surface area contributed by atoms with Crippen molar-refractivity contribution in [2.45, 2.75) is 13.3 Å². The molecule has 0 nitrogen and oxygen atoms in total. The standard InChI is InChI=1S/C14H12ClF/c1-2-10-5-3-6-11(9-10)14-12(15)7-4-8-13(14)16/h3-9H,2H2,1H3. The number of halogens is 2. The predicted octanol–water partition coefficient (Wildman–Crippen LogP) is 4.71. The summed E-state index contributed by atoms with van der Waals surface area (Å²) in [5, 5.41) is 0.452. The van der Waals surface area contributed by atoms with Gasteiger partial charge in [0, 0.05) is 5.56 Å². The number of benzene rings is 2. The van der Waals surface area contributed by atoms with Crippen molar-refractivity contribution in [3.05, 3.63) is 58.9 Å². The average molecular weight is 235 g/mol. The maximum absolute atomic E-state index is 13.7. The lowest BCUT2D eigenvalue weighted by atomic mass is 10.0. The van der Waals surface area contributed by atoms with E-state index in [1.165, 1.54) is 11.6 Å². The first-order valence-corrected chi connectivity index (χ1v) is 5.63. The fourth-order valence-electron chi connectivity index (χ4n) is 1.72. The summed E-state index contributed by atoms with van der Waals surface area (Å²) in [6.45, 7) is 2.07. The highest BCUT2D eigenvalue weighted by Crippen LogP contribution is 2.30. The lowest BCUT2D eigenvalue weighted by Gasteiger charge is -2.07. The van der Waals surface area contributed by atoms with Crippen molar-refractivity contribution in [3.8, 4) is 11.1 Å². The molecule has 0 heterocycles. The molecule has 2 heteroatoms. The van der Waals surface area contributed by atoms with E-state index < -0.39 is 0 Å². The van der Waals surface area contributed by atoms with Gasteiger partial charge in [0.2, 0.25) is 0 Å². The maximum atomic E-state index is 13.7. The summed E-state index contributed by atoms with van der Waals surface area (Å²) in [5.41, 5.74) is 2.50. The summed E-state index contributed by atoms with van der Waals surface area (Å²) < 4.78 is 13.7. The van der Waals surface area contributed by atoms with Crippen LogP contribution in [0.1, 0.15) is 12.5 Å². The highest BCUT2D eigenvalue weighted by Gasteiger charge is 2.09. The summed E-state index contributed by atoms with van der Waals surface area (Å²) in [6.07, 6.45) is 0.930. The molecule has 0 aliphatic carbocycles. The first kappa shape index (κ1) is 11.2. The van der Waals surface area contributed by atoms with E-state index in [1.54, 1.807) is 12.1 Å². The smallest absolute Gasteiger partial charge is 0.132 e. The van der Waals surface area contributed by atoms with Gasteiger partial charge in [0.1, 0.15) is 5.82 Å². The third kappa shape index (κ3) is 2.10. The summed E-state index contributed by atoms with van der Waals surface area (Å²) in [4.78, 5) is 0. The Kier molecular flexibility index (Phi) is 3.25. The van der Waals surface area contributed by atoms with Gasteiger partial charge in [-0.2, -0.15) is 0 Å². The van der Waals surface area contributed by atoms with Crippen LogP contribution in [0.25, 0.3) is 11.1 Å². The van der Waals surface area contributed by atoms with Crippen LogP contribution in [0.4, 0.5) is 4.39 Å². The normalized spacial score (nSPS) is 10.4. The van der Waals surface area contributed by atoms with Crippen LogP contribution in [-0.2, 0) is 6.42 Å². The second kappa shape index (κ2) is 4.67. The zero-order valence-corrected chi connectivity index (χ0v) is 9.76. The molecule has 0 bridgehead atoms. The van der Waals surface area contributed by atoms with E-state index in [2.05, 4.69) is 6.92 Å². The molecule has 2 rings (SSSR count). The Labute approximate surface area is 99.7 Å². The minimum atomic E-state index is -0.277. The number of aryl methyl sites for hydroxylation is 1. The summed E-state index contributed by atoms with van der Waals surface area (Å²) in [5.74, 6) is -0.277. The molecule has 0 aromatic heterocycles. The van der Waals surface area contributed by atoms with Gasteiger partial charge < -0.3 is 0 Å². The minimum absolute atomic E-state index is 0.277. The van der Waals surface area contributed by atoms with E-state index in [4.69, 9.17) is 11.6 Å². The second-order valence-corrected chi connectivity index (χ2v) is 4.06. The van der Waals surface area contributed by atoms with Crippen LogP contribution >= 0.6 is 11.6 Å². The second-order valence-electron chi connectivity index (χ2n) is 3.65. The van der Waals surface area contributed by atoms with Crippen LogP contribution in [0.2, 0.25) is 5.02 Å². The zero-order chi connectivity index (χ0) is 11.5. The van der Waals surface area contributed by atoms with Crippen LogP contribution in [0.5, 0.6) is 0 Å². The van der Waals surface area contributed by atoms with Crippen LogP contribution in [0.3, 0.4) is 0 Å². The Balaban J connectivity index is 2.58. The van der Waals surface area contributed by atoms with Crippen LogP contribution in [0, 0.1) is 5.82 Å². The number of rotatable bonds is 2. The number of hydrogen-bond acceptors (Lipinski definition) is 0. The molecule has 0 aliphatic heterocycles. The lowest BCUT2D eigenvalue weighted by molar-refractivity contribution is 0.631. The van der Waals surface area contributed by atoms with Gasteiger partial charge in [-0.3, -0.25) is 0 Å². The van der Waals surface area contributed by atoms with E-state index in [0.29, 0.717) is 10.6 Å². The van der Waals surface area contributed by atoms with Crippen molar-refractivity contribution in [2.75, 3.05) is 0 Å². The van der Waals surface area contributed by atoms with Gasteiger partial charge in [0.15, 0.2) is 0 Å². The molecule has 0 atom stereocenters. The molecule has 82 valence electrons. The van der Waals surface area contributed by atoms with Gasteiger partial charge >= 0.3 is 0 Å². The largest absolute Gasteiger partial charge is 0.206 e. The van der Waals surface area contributed by atoms with E-state index in [-0.39, 0.29) is 5.82 Å². The highest BCUT2D eigenvalue weighted by atomic mass is 35.5. The SMILES string of the molecule is CCc1cccc(-c2c(F)cccc2Cl)c1. The van der Waals surface area contributed by atoms with Crippen molar-refractivity contribution in [3.63, 3.8) is 0 Å². The Morgan fingerprint density at radius 3 is 2.56 bits per heavy atom. The average Bonchev–Trinajstić information content (AvgIpc) is 2.29. The van der Waals surface area contributed by atoms with Gasteiger partial charge in [-0.15, -0.1) is 0 Å². The molecule has 0 saturated carbocycles. The molecule has 0 fully saturated rings. The molecule has 0 amide bonds. The zero-order valence-electron chi connectivity index (χ0n) is 9.00. The van der Waals surface area contributed by atoms with E-state index >= 15 is 0 Å². The molecule has 2 aromatic carbocycles. The molecule has 0 N–H and O–H groups in total. The molecular weight excluding hydrogens is 223 g/mol.